The van der Waals surface area contributed by atoms with E-state index < -0.39 is 10.8 Å². The second-order valence-electron chi connectivity index (χ2n) is 5.97. The van der Waals surface area contributed by atoms with Crippen LogP contribution in [0.1, 0.15) is 21.5 Å². The first kappa shape index (κ1) is 18.6. The van der Waals surface area contributed by atoms with Crippen molar-refractivity contribution in [3.63, 3.8) is 0 Å². The van der Waals surface area contributed by atoms with Crippen LogP contribution in [0.3, 0.4) is 0 Å². The molecule has 0 aliphatic rings. The molecule has 0 saturated carbocycles. The van der Waals surface area contributed by atoms with Crippen LogP contribution in [0, 0.1) is 24.0 Å². The highest BCUT2D eigenvalue weighted by molar-refractivity contribution is 7.99. The number of hydrogen-bond donors (Lipinski definition) is 1. The topological polar surface area (TPSA) is 103 Å². The first-order chi connectivity index (χ1) is 12.9. The first-order valence-electron chi connectivity index (χ1n) is 8.04. The largest absolute Gasteiger partial charge is 0.322 e. The fraction of sp³-hybridized carbons (Fsp3) is 0.167. The van der Waals surface area contributed by atoms with Gasteiger partial charge in [0.15, 0.2) is 5.16 Å². The highest BCUT2D eigenvalue weighted by Gasteiger charge is 2.20. The van der Waals surface area contributed by atoms with E-state index in [0.717, 1.165) is 22.9 Å². The van der Waals surface area contributed by atoms with Gasteiger partial charge in [0.25, 0.3) is 11.6 Å². The molecule has 3 rings (SSSR count). The van der Waals surface area contributed by atoms with Crippen LogP contribution in [0.25, 0.3) is 0 Å². The van der Waals surface area contributed by atoms with Crippen molar-refractivity contribution >= 4 is 29.0 Å². The number of nitro groups is 1. The van der Waals surface area contributed by atoms with Gasteiger partial charge in [-0.2, -0.15) is 0 Å². The summed E-state index contributed by atoms with van der Waals surface area (Å²) in [5.74, 6) is -0.401. The number of amides is 1. The van der Waals surface area contributed by atoms with Gasteiger partial charge < -0.3 is 9.88 Å². The zero-order valence-corrected chi connectivity index (χ0v) is 15.8. The molecule has 0 aliphatic carbocycles. The summed E-state index contributed by atoms with van der Waals surface area (Å²) in [6.45, 7) is 3.86. The maximum atomic E-state index is 12.6. The SMILES string of the molecule is Cc1cccc(NC(=O)c2ccc(Sc3nncn3C)c([N+](=O)[O-])c2)c1C. The summed E-state index contributed by atoms with van der Waals surface area (Å²) >= 11 is 1.12. The molecule has 0 atom stereocenters. The van der Waals surface area contributed by atoms with Crippen molar-refractivity contribution in [2.75, 3.05) is 5.32 Å². The van der Waals surface area contributed by atoms with Crippen molar-refractivity contribution in [1.29, 1.82) is 0 Å². The Morgan fingerprint density at radius 3 is 2.70 bits per heavy atom. The number of anilines is 1. The molecule has 1 amide bonds. The van der Waals surface area contributed by atoms with Crippen LogP contribution >= 0.6 is 11.8 Å². The maximum absolute atomic E-state index is 12.6. The maximum Gasteiger partial charge on any atom is 0.284 e. The van der Waals surface area contributed by atoms with E-state index in [1.54, 1.807) is 29.8 Å². The monoisotopic (exact) mass is 383 g/mol. The molecule has 0 radical (unpaired) electrons. The van der Waals surface area contributed by atoms with E-state index in [0.29, 0.717) is 15.7 Å². The molecule has 0 saturated heterocycles. The Labute approximate surface area is 159 Å². The molecule has 8 nitrogen and oxygen atoms in total. The van der Waals surface area contributed by atoms with Crippen LogP contribution in [0.4, 0.5) is 11.4 Å². The van der Waals surface area contributed by atoms with E-state index in [2.05, 4.69) is 15.5 Å². The van der Waals surface area contributed by atoms with E-state index in [1.165, 1.54) is 12.4 Å². The van der Waals surface area contributed by atoms with Gasteiger partial charge in [0.05, 0.1) is 9.82 Å². The third kappa shape index (κ3) is 3.98. The Morgan fingerprint density at radius 2 is 2.04 bits per heavy atom. The Morgan fingerprint density at radius 1 is 1.26 bits per heavy atom. The molecule has 0 spiro atoms. The Bertz CT molecular complexity index is 1030. The van der Waals surface area contributed by atoms with E-state index in [9.17, 15) is 14.9 Å². The quantitative estimate of drug-likeness (QED) is 0.532. The minimum absolute atomic E-state index is 0.156. The van der Waals surface area contributed by atoms with Gasteiger partial charge in [0, 0.05) is 24.4 Å². The second-order valence-corrected chi connectivity index (χ2v) is 6.98. The van der Waals surface area contributed by atoms with Gasteiger partial charge in [0.1, 0.15) is 6.33 Å². The van der Waals surface area contributed by atoms with Crippen LogP contribution in [-0.4, -0.2) is 25.6 Å². The lowest BCUT2D eigenvalue weighted by atomic mass is 10.1. The molecule has 1 aromatic heterocycles. The summed E-state index contributed by atoms with van der Waals surface area (Å²) in [5, 5.41) is 22.5. The number of hydrogen-bond acceptors (Lipinski definition) is 6. The number of aryl methyl sites for hydroxylation is 2. The number of nitrogens with zero attached hydrogens (tertiary/aromatic N) is 4. The molecule has 1 N–H and O–H groups in total. The number of carbonyl (C=O) groups excluding carboxylic acids is 1. The third-order valence-electron chi connectivity index (χ3n) is 4.14. The fourth-order valence-corrected chi connectivity index (χ4v) is 3.28. The highest BCUT2D eigenvalue weighted by Crippen LogP contribution is 2.34. The third-order valence-corrected chi connectivity index (χ3v) is 5.26. The predicted octanol–water partition coefficient (Wildman–Crippen LogP) is 3.74. The summed E-state index contributed by atoms with van der Waals surface area (Å²) in [5.41, 5.74) is 2.74. The average molecular weight is 383 g/mol. The number of benzene rings is 2. The molecule has 1 heterocycles. The minimum atomic E-state index is -0.507. The molecule has 0 fully saturated rings. The molecule has 3 aromatic rings. The summed E-state index contributed by atoms with van der Waals surface area (Å²) in [6, 6.07) is 9.99. The lowest BCUT2D eigenvalue weighted by molar-refractivity contribution is -0.387. The van der Waals surface area contributed by atoms with Gasteiger partial charge in [0.2, 0.25) is 0 Å². The van der Waals surface area contributed by atoms with Crippen LogP contribution in [0.2, 0.25) is 0 Å². The first-order valence-corrected chi connectivity index (χ1v) is 8.86. The van der Waals surface area contributed by atoms with Gasteiger partial charge >= 0.3 is 0 Å². The number of rotatable bonds is 5. The van der Waals surface area contributed by atoms with Gasteiger partial charge in [-0.05, 0) is 54.9 Å². The lowest BCUT2D eigenvalue weighted by Gasteiger charge is -2.11. The van der Waals surface area contributed by atoms with Crippen molar-refractivity contribution in [2.45, 2.75) is 23.9 Å². The van der Waals surface area contributed by atoms with Gasteiger partial charge in [-0.1, -0.05) is 12.1 Å². The van der Waals surface area contributed by atoms with Crippen LogP contribution in [0.5, 0.6) is 0 Å². The van der Waals surface area contributed by atoms with E-state index in [-0.39, 0.29) is 11.3 Å². The van der Waals surface area contributed by atoms with Crippen molar-refractivity contribution in [3.8, 4) is 0 Å². The standard InChI is InChI=1S/C18H17N5O3S/c1-11-5-4-6-14(12(11)2)20-17(24)13-7-8-16(15(9-13)23(25)26)27-18-21-19-10-22(18)3/h4-10H,1-3H3,(H,20,24). The molecule has 138 valence electrons. The van der Waals surface area contributed by atoms with Crippen LogP contribution in [0.15, 0.2) is 52.8 Å². The lowest BCUT2D eigenvalue weighted by Crippen LogP contribution is -2.13. The Kier molecular flexibility index (Phi) is 5.22. The summed E-state index contributed by atoms with van der Waals surface area (Å²) in [6.07, 6.45) is 1.51. The summed E-state index contributed by atoms with van der Waals surface area (Å²) in [4.78, 5) is 23.9. The molecule has 9 heteroatoms. The molecule has 0 bridgehead atoms. The van der Waals surface area contributed by atoms with Gasteiger partial charge in [-0.3, -0.25) is 14.9 Å². The minimum Gasteiger partial charge on any atom is -0.322 e. The van der Waals surface area contributed by atoms with Crippen molar-refractivity contribution in [1.82, 2.24) is 14.8 Å². The Balaban J connectivity index is 1.89. The molecule has 0 aliphatic heterocycles. The van der Waals surface area contributed by atoms with Crippen molar-refractivity contribution in [3.05, 3.63) is 69.5 Å². The Hall–Kier alpha value is -3.20. The van der Waals surface area contributed by atoms with Crippen molar-refractivity contribution < 1.29 is 9.72 Å². The fourth-order valence-electron chi connectivity index (χ4n) is 2.43. The van der Waals surface area contributed by atoms with E-state index >= 15 is 0 Å². The molecular formula is C18H17N5O3S. The summed E-state index contributed by atoms with van der Waals surface area (Å²) < 4.78 is 1.66. The highest BCUT2D eigenvalue weighted by atomic mass is 32.2. The predicted molar refractivity (Wildman–Crippen MR) is 102 cm³/mol. The molecular weight excluding hydrogens is 366 g/mol. The average Bonchev–Trinajstić information content (AvgIpc) is 3.03. The summed E-state index contributed by atoms with van der Waals surface area (Å²) in [7, 11) is 1.75. The number of carbonyl (C=O) groups is 1. The van der Waals surface area contributed by atoms with Crippen LogP contribution < -0.4 is 5.32 Å². The zero-order valence-electron chi connectivity index (χ0n) is 15.0. The zero-order chi connectivity index (χ0) is 19.6. The second kappa shape index (κ2) is 7.58. The van der Waals surface area contributed by atoms with Gasteiger partial charge in [-0.25, -0.2) is 0 Å². The number of nitrogens with one attached hydrogen (secondary N) is 1. The number of nitro benzene ring substituents is 1. The van der Waals surface area contributed by atoms with E-state index in [4.69, 9.17) is 0 Å². The van der Waals surface area contributed by atoms with E-state index in [1.807, 2.05) is 26.0 Å². The molecule has 0 unspecified atom stereocenters. The van der Waals surface area contributed by atoms with Crippen LogP contribution in [-0.2, 0) is 7.05 Å². The molecule has 2 aromatic carbocycles. The normalized spacial score (nSPS) is 10.6. The molecule has 27 heavy (non-hydrogen) atoms. The van der Waals surface area contributed by atoms with Crippen molar-refractivity contribution in [2.24, 2.45) is 7.05 Å². The smallest absolute Gasteiger partial charge is 0.284 e. The number of aromatic nitrogens is 3. The van der Waals surface area contributed by atoms with Gasteiger partial charge in [-0.15, -0.1) is 10.2 Å².